The SMILES string of the molecule is C1CCNCC1.CCOC(=O)/C=C/C(C)=O.CCOC(=O)C(CC(C)=O)N1CCCCC1. The molecule has 0 saturated carbocycles. The molecular weight excluding hydrogens is 412 g/mol. The number of carbonyl (C=O) groups is 4. The van der Waals surface area contributed by atoms with Gasteiger partial charge in [0.05, 0.1) is 13.2 Å². The molecule has 2 fully saturated rings. The van der Waals surface area contributed by atoms with Crippen LogP contribution in [0.3, 0.4) is 0 Å². The molecule has 0 aromatic heterocycles. The molecule has 0 radical (unpaired) electrons. The van der Waals surface area contributed by atoms with E-state index in [0.29, 0.717) is 13.2 Å². The molecule has 8 nitrogen and oxygen atoms in total. The van der Waals surface area contributed by atoms with Crippen LogP contribution in [-0.4, -0.2) is 73.8 Å². The summed E-state index contributed by atoms with van der Waals surface area (Å²) in [4.78, 5) is 45.8. The first-order chi connectivity index (χ1) is 15.3. The molecule has 184 valence electrons. The Bertz CT molecular complexity index is 570. The third kappa shape index (κ3) is 16.6. The normalized spacial score (nSPS) is 17.1. The van der Waals surface area contributed by atoms with Gasteiger partial charge in [-0.3, -0.25) is 19.3 Å². The van der Waals surface area contributed by atoms with Crippen LogP contribution in [0.2, 0.25) is 0 Å². The Hall–Kier alpha value is -2.06. The molecule has 2 aliphatic heterocycles. The van der Waals surface area contributed by atoms with Gasteiger partial charge in [-0.2, -0.15) is 0 Å². The maximum Gasteiger partial charge on any atom is 0.330 e. The summed E-state index contributed by atoms with van der Waals surface area (Å²) in [6.07, 6.45) is 10.2. The highest BCUT2D eigenvalue weighted by molar-refractivity contribution is 5.94. The van der Waals surface area contributed by atoms with E-state index in [1.807, 2.05) is 0 Å². The first kappa shape index (κ1) is 29.9. The van der Waals surface area contributed by atoms with Gasteiger partial charge in [-0.15, -0.1) is 0 Å². The largest absolute Gasteiger partial charge is 0.465 e. The molecule has 0 amide bonds. The number of ether oxygens (including phenoxy) is 2. The number of hydrogen-bond donors (Lipinski definition) is 1. The van der Waals surface area contributed by atoms with Gasteiger partial charge in [0.2, 0.25) is 0 Å². The highest BCUT2D eigenvalue weighted by atomic mass is 16.5. The lowest BCUT2D eigenvalue weighted by molar-refractivity contribution is -0.151. The monoisotopic (exact) mass is 454 g/mol. The standard InChI is InChI=1S/C12H21NO3.C7H10O3.C5H11N/c1-3-16-12(15)11(9-10(2)14)13-7-5-4-6-8-13;1-3-10-7(9)5-4-6(2)8;1-2-4-6-5-3-1/h11H,3-9H2,1-2H3;4-5H,3H2,1-2H3;6H,1-5H2/b;5-4+;. The second-order valence-electron chi connectivity index (χ2n) is 7.78. The fourth-order valence-corrected chi connectivity index (χ4v) is 3.28. The predicted molar refractivity (Wildman–Crippen MR) is 124 cm³/mol. The zero-order valence-electron chi connectivity index (χ0n) is 20.3. The molecule has 0 aromatic carbocycles. The summed E-state index contributed by atoms with van der Waals surface area (Å²) in [6.45, 7) is 11.4. The van der Waals surface area contributed by atoms with Gasteiger partial charge in [-0.05, 0) is 85.6 Å². The number of allylic oxidation sites excluding steroid dienone is 1. The topological polar surface area (TPSA) is 102 Å². The van der Waals surface area contributed by atoms with E-state index < -0.39 is 5.97 Å². The van der Waals surface area contributed by atoms with E-state index in [1.165, 1.54) is 58.7 Å². The van der Waals surface area contributed by atoms with Crippen molar-refractivity contribution in [1.82, 2.24) is 10.2 Å². The maximum atomic E-state index is 11.8. The summed E-state index contributed by atoms with van der Waals surface area (Å²) in [5.41, 5.74) is 0. The lowest BCUT2D eigenvalue weighted by Crippen LogP contribution is -2.45. The van der Waals surface area contributed by atoms with Crippen molar-refractivity contribution in [3.8, 4) is 0 Å². The summed E-state index contributed by atoms with van der Waals surface area (Å²) >= 11 is 0. The van der Waals surface area contributed by atoms with Crippen molar-refractivity contribution in [2.75, 3.05) is 39.4 Å². The predicted octanol–water partition coefficient (Wildman–Crippen LogP) is 2.84. The van der Waals surface area contributed by atoms with Crippen molar-refractivity contribution in [1.29, 1.82) is 0 Å². The number of esters is 2. The average molecular weight is 455 g/mol. The van der Waals surface area contributed by atoms with Crippen molar-refractivity contribution in [3.63, 3.8) is 0 Å². The first-order valence-corrected chi connectivity index (χ1v) is 11.8. The number of carbonyl (C=O) groups excluding carboxylic acids is 4. The Morgan fingerprint density at radius 3 is 1.81 bits per heavy atom. The quantitative estimate of drug-likeness (QED) is 0.441. The second-order valence-corrected chi connectivity index (χ2v) is 7.78. The number of rotatable bonds is 8. The summed E-state index contributed by atoms with van der Waals surface area (Å²) in [7, 11) is 0. The van der Waals surface area contributed by atoms with E-state index in [1.54, 1.807) is 13.8 Å². The smallest absolute Gasteiger partial charge is 0.330 e. The average Bonchev–Trinajstić information content (AvgIpc) is 2.79. The van der Waals surface area contributed by atoms with Crippen molar-refractivity contribution >= 4 is 23.5 Å². The van der Waals surface area contributed by atoms with Crippen LogP contribution in [0, 0.1) is 0 Å². The molecule has 0 spiro atoms. The van der Waals surface area contributed by atoms with Crippen LogP contribution in [0.5, 0.6) is 0 Å². The molecule has 32 heavy (non-hydrogen) atoms. The van der Waals surface area contributed by atoms with Gasteiger partial charge in [0.15, 0.2) is 5.78 Å². The van der Waals surface area contributed by atoms with E-state index in [-0.39, 0.29) is 30.0 Å². The summed E-state index contributed by atoms with van der Waals surface area (Å²) in [5, 5.41) is 3.28. The van der Waals surface area contributed by atoms with Crippen LogP contribution in [-0.2, 0) is 28.7 Å². The minimum atomic E-state index is -0.474. The molecule has 2 saturated heterocycles. The minimum absolute atomic E-state index is 0.0450. The molecule has 2 heterocycles. The van der Waals surface area contributed by atoms with Crippen LogP contribution in [0.1, 0.15) is 72.6 Å². The first-order valence-electron chi connectivity index (χ1n) is 11.8. The van der Waals surface area contributed by atoms with Crippen molar-refractivity contribution < 1.29 is 28.7 Å². The fraction of sp³-hybridized carbons (Fsp3) is 0.750. The van der Waals surface area contributed by atoms with Gasteiger partial charge in [-0.25, -0.2) is 4.79 Å². The van der Waals surface area contributed by atoms with Crippen LogP contribution in [0.15, 0.2) is 12.2 Å². The summed E-state index contributed by atoms with van der Waals surface area (Å²) < 4.78 is 9.54. The Balaban J connectivity index is 0.000000508. The maximum absolute atomic E-state index is 11.8. The summed E-state index contributed by atoms with van der Waals surface area (Å²) in [6, 6.07) is -0.363. The molecule has 2 rings (SSSR count). The Morgan fingerprint density at radius 1 is 0.844 bits per heavy atom. The second kappa shape index (κ2) is 19.6. The Morgan fingerprint density at radius 2 is 1.41 bits per heavy atom. The number of Topliss-reactive ketones (excluding diaryl/α,β-unsaturated/α-hetero) is 1. The molecule has 0 bridgehead atoms. The van der Waals surface area contributed by atoms with E-state index in [9.17, 15) is 19.2 Å². The number of nitrogens with one attached hydrogen (secondary N) is 1. The lowest BCUT2D eigenvalue weighted by Gasteiger charge is -2.32. The van der Waals surface area contributed by atoms with Crippen molar-refractivity contribution in [3.05, 3.63) is 12.2 Å². The van der Waals surface area contributed by atoms with Crippen LogP contribution in [0.4, 0.5) is 0 Å². The number of nitrogens with zero attached hydrogens (tertiary/aromatic N) is 1. The van der Waals surface area contributed by atoms with Gasteiger partial charge in [0.1, 0.15) is 11.8 Å². The van der Waals surface area contributed by atoms with E-state index in [4.69, 9.17) is 4.74 Å². The van der Waals surface area contributed by atoms with Crippen LogP contribution < -0.4 is 5.32 Å². The molecule has 0 aliphatic carbocycles. The lowest BCUT2D eigenvalue weighted by atomic mass is 10.0. The molecule has 1 atom stereocenters. The van der Waals surface area contributed by atoms with Gasteiger partial charge in [0, 0.05) is 12.5 Å². The molecule has 1 N–H and O–H groups in total. The van der Waals surface area contributed by atoms with E-state index in [0.717, 1.165) is 32.0 Å². The van der Waals surface area contributed by atoms with Crippen molar-refractivity contribution in [2.45, 2.75) is 78.7 Å². The van der Waals surface area contributed by atoms with Crippen LogP contribution in [0.25, 0.3) is 0 Å². The summed E-state index contributed by atoms with van der Waals surface area (Å²) in [5.74, 6) is -0.839. The third-order valence-corrected chi connectivity index (χ3v) is 4.82. The van der Waals surface area contributed by atoms with Gasteiger partial charge in [0.25, 0.3) is 0 Å². The number of piperidine rings is 2. The number of likely N-dealkylation sites (tertiary alicyclic amines) is 1. The van der Waals surface area contributed by atoms with Gasteiger partial charge >= 0.3 is 11.9 Å². The zero-order chi connectivity index (χ0) is 24.2. The molecular formula is C24H42N2O6. The highest BCUT2D eigenvalue weighted by Gasteiger charge is 2.29. The highest BCUT2D eigenvalue weighted by Crippen LogP contribution is 2.15. The number of hydrogen-bond acceptors (Lipinski definition) is 8. The van der Waals surface area contributed by atoms with E-state index >= 15 is 0 Å². The zero-order valence-corrected chi connectivity index (χ0v) is 20.3. The third-order valence-electron chi connectivity index (χ3n) is 4.82. The number of ketones is 2. The van der Waals surface area contributed by atoms with Crippen LogP contribution >= 0.6 is 0 Å². The molecule has 0 aromatic rings. The molecule has 8 heteroatoms. The van der Waals surface area contributed by atoms with E-state index in [2.05, 4.69) is 15.0 Å². The molecule has 2 aliphatic rings. The molecule has 1 unspecified atom stereocenters. The Kier molecular flexibility index (Phi) is 18.3. The minimum Gasteiger partial charge on any atom is -0.465 e. The fourth-order valence-electron chi connectivity index (χ4n) is 3.28. The Labute approximate surface area is 193 Å². The van der Waals surface area contributed by atoms with Gasteiger partial charge in [-0.1, -0.05) is 12.8 Å². The van der Waals surface area contributed by atoms with Gasteiger partial charge < -0.3 is 14.8 Å². The van der Waals surface area contributed by atoms with Crippen molar-refractivity contribution in [2.24, 2.45) is 0 Å².